The highest BCUT2D eigenvalue weighted by Crippen LogP contribution is 2.15. The normalized spacial score (nSPS) is 9.71. The molecule has 68 valence electrons. The van der Waals surface area contributed by atoms with E-state index in [4.69, 9.17) is 5.26 Å². The van der Waals surface area contributed by atoms with Gasteiger partial charge in [0.1, 0.15) is 17.6 Å². The van der Waals surface area contributed by atoms with Crippen LogP contribution in [0.3, 0.4) is 0 Å². The van der Waals surface area contributed by atoms with Crippen molar-refractivity contribution in [2.24, 2.45) is 0 Å². The van der Waals surface area contributed by atoms with Gasteiger partial charge in [0.05, 0.1) is 6.20 Å². The van der Waals surface area contributed by atoms with Crippen molar-refractivity contribution >= 4 is 0 Å². The van der Waals surface area contributed by atoms with E-state index in [-0.39, 0.29) is 0 Å². The van der Waals surface area contributed by atoms with Crippen LogP contribution in [0.25, 0.3) is 11.4 Å². The van der Waals surface area contributed by atoms with Gasteiger partial charge in [-0.05, 0) is 6.92 Å². The van der Waals surface area contributed by atoms with Crippen LogP contribution in [0.5, 0.6) is 0 Å². The number of hydrogen-bond donors (Lipinski definition) is 1. The Balaban J connectivity index is 2.40. The van der Waals surface area contributed by atoms with E-state index < -0.39 is 0 Å². The molecule has 0 aliphatic rings. The van der Waals surface area contributed by atoms with E-state index >= 15 is 0 Å². The predicted octanol–water partition coefficient (Wildman–Crippen LogP) is 2.26. The van der Waals surface area contributed by atoms with Gasteiger partial charge in [-0.3, -0.25) is 0 Å². The summed E-state index contributed by atoms with van der Waals surface area (Å²) in [7, 11) is 0. The van der Waals surface area contributed by atoms with Crippen LogP contribution >= 0.6 is 0 Å². The molecule has 3 nitrogen and oxygen atoms in total. The number of nitriles is 1. The van der Waals surface area contributed by atoms with E-state index in [1.54, 1.807) is 0 Å². The van der Waals surface area contributed by atoms with Gasteiger partial charge < -0.3 is 4.98 Å². The maximum absolute atomic E-state index is 8.62. The molecule has 0 amide bonds. The molecule has 0 aliphatic heterocycles. The van der Waals surface area contributed by atoms with Crippen molar-refractivity contribution in [3.63, 3.8) is 0 Å². The quantitative estimate of drug-likeness (QED) is 0.737. The molecule has 3 heteroatoms. The van der Waals surface area contributed by atoms with E-state index in [0.717, 1.165) is 11.4 Å². The third-order valence-corrected chi connectivity index (χ3v) is 2.02. The Morgan fingerprint density at radius 1 is 1.29 bits per heavy atom. The van der Waals surface area contributed by atoms with E-state index in [2.05, 4.69) is 9.97 Å². The van der Waals surface area contributed by atoms with Crippen molar-refractivity contribution in [1.82, 2.24) is 9.97 Å². The van der Waals surface area contributed by atoms with Crippen LogP contribution in [-0.4, -0.2) is 9.97 Å². The summed E-state index contributed by atoms with van der Waals surface area (Å²) in [4.78, 5) is 7.04. The fraction of sp³-hybridized carbons (Fsp3) is 0.0909. The summed E-state index contributed by atoms with van der Waals surface area (Å²) in [6.07, 6.45) is 1.54. The van der Waals surface area contributed by atoms with Crippen molar-refractivity contribution in [3.8, 4) is 17.5 Å². The first-order chi connectivity index (χ1) is 6.79. The van der Waals surface area contributed by atoms with Crippen LogP contribution in [0.2, 0.25) is 0 Å². The third kappa shape index (κ3) is 1.50. The Bertz CT molecular complexity index is 474. The Hall–Kier alpha value is -2.08. The molecule has 1 aromatic carbocycles. The third-order valence-electron chi connectivity index (χ3n) is 2.02. The number of aromatic amines is 1. The second-order valence-corrected chi connectivity index (χ2v) is 3.12. The average molecular weight is 183 g/mol. The fourth-order valence-electron chi connectivity index (χ4n) is 1.24. The summed E-state index contributed by atoms with van der Waals surface area (Å²) in [5, 5.41) is 8.62. The van der Waals surface area contributed by atoms with Crippen molar-refractivity contribution in [1.29, 1.82) is 5.26 Å². The molecule has 0 unspecified atom stereocenters. The Morgan fingerprint density at radius 2 is 2.00 bits per heavy atom. The molecule has 14 heavy (non-hydrogen) atoms. The molecule has 1 N–H and O–H groups in total. The standard InChI is InChI=1S/C11H9N3/c1-8-2-4-9(5-3-8)11-13-7-10(6-12)14-11/h2-5,7H,1H3,(H,13,14). The average Bonchev–Trinajstić information content (AvgIpc) is 2.67. The largest absolute Gasteiger partial charge is 0.330 e. The first-order valence-electron chi connectivity index (χ1n) is 4.32. The summed E-state index contributed by atoms with van der Waals surface area (Å²) in [5.41, 5.74) is 2.69. The van der Waals surface area contributed by atoms with Gasteiger partial charge in [0, 0.05) is 5.56 Å². The Labute approximate surface area is 82.0 Å². The summed E-state index contributed by atoms with van der Waals surface area (Å²) in [6.45, 7) is 2.03. The van der Waals surface area contributed by atoms with Gasteiger partial charge in [0.25, 0.3) is 0 Å². The molecular weight excluding hydrogens is 174 g/mol. The number of benzene rings is 1. The van der Waals surface area contributed by atoms with E-state index in [9.17, 15) is 0 Å². The van der Waals surface area contributed by atoms with Gasteiger partial charge in [0.15, 0.2) is 0 Å². The minimum absolute atomic E-state index is 0.487. The van der Waals surface area contributed by atoms with Gasteiger partial charge in [-0.1, -0.05) is 29.8 Å². The maximum atomic E-state index is 8.62. The topological polar surface area (TPSA) is 52.5 Å². The van der Waals surface area contributed by atoms with Gasteiger partial charge in [-0.15, -0.1) is 0 Å². The van der Waals surface area contributed by atoms with Crippen LogP contribution in [0.15, 0.2) is 30.5 Å². The van der Waals surface area contributed by atoms with Crippen molar-refractivity contribution in [2.75, 3.05) is 0 Å². The van der Waals surface area contributed by atoms with Gasteiger partial charge in [0.2, 0.25) is 0 Å². The number of nitrogens with zero attached hydrogens (tertiary/aromatic N) is 2. The zero-order valence-corrected chi connectivity index (χ0v) is 7.78. The zero-order chi connectivity index (χ0) is 9.97. The SMILES string of the molecule is Cc1ccc(-c2ncc(C#N)[nH]2)cc1. The molecule has 0 spiro atoms. The number of aryl methyl sites for hydroxylation is 1. The lowest BCUT2D eigenvalue weighted by Gasteiger charge is -1.96. The molecule has 0 fully saturated rings. The lowest BCUT2D eigenvalue weighted by atomic mass is 10.1. The molecule has 0 aliphatic carbocycles. The van der Waals surface area contributed by atoms with Crippen LogP contribution in [0, 0.1) is 18.3 Å². The molecule has 0 radical (unpaired) electrons. The van der Waals surface area contributed by atoms with Crippen molar-refractivity contribution in [2.45, 2.75) is 6.92 Å². The number of nitrogens with one attached hydrogen (secondary N) is 1. The van der Waals surface area contributed by atoms with Crippen LogP contribution in [0.1, 0.15) is 11.3 Å². The highest BCUT2D eigenvalue weighted by Gasteiger charge is 2.01. The highest BCUT2D eigenvalue weighted by molar-refractivity contribution is 5.56. The molecular formula is C11H9N3. The number of H-pyrrole nitrogens is 1. The minimum Gasteiger partial charge on any atom is -0.330 e. The molecule has 0 saturated heterocycles. The van der Waals surface area contributed by atoms with Crippen LogP contribution < -0.4 is 0 Å². The lowest BCUT2D eigenvalue weighted by Crippen LogP contribution is -1.80. The smallest absolute Gasteiger partial charge is 0.138 e. The first kappa shape index (κ1) is 8.52. The summed E-state index contributed by atoms with van der Waals surface area (Å²) < 4.78 is 0. The summed E-state index contributed by atoms with van der Waals surface area (Å²) >= 11 is 0. The molecule has 0 atom stereocenters. The van der Waals surface area contributed by atoms with E-state index in [0.29, 0.717) is 5.69 Å². The van der Waals surface area contributed by atoms with Crippen molar-refractivity contribution < 1.29 is 0 Å². The fourth-order valence-corrected chi connectivity index (χ4v) is 1.24. The zero-order valence-electron chi connectivity index (χ0n) is 7.78. The molecule has 0 saturated carbocycles. The van der Waals surface area contributed by atoms with Gasteiger partial charge in [-0.2, -0.15) is 5.26 Å². The second kappa shape index (κ2) is 3.35. The Kier molecular flexibility index (Phi) is 2.04. The molecule has 2 aromatic rings. The lowest BCUT2D eigenvalue weighted by molar-refractivity contribution is 1.29. The molecule has 0 bridgehead atoms. The summed E-state index contributed by atoms with van der Waals surface area (Å²) in [5.74, 6) is 0.738. The molecule has 2 rings (SSSR count). The maximum Gasteiger partial charge on any atom is 0.138 e. The number of hydrogen-bond acceptors (Lipinski definition) is 2. The summed E-state index contributed by atoms with van der Waals surface area (Å²) in [6, 6.07) is 10.0. The van der Waals surface area contributed by atoms with Crippen LogP contribution in [-0.2, 0) is 0 Å². The first-order valence-corrected chi connectivity index (χ1v) is 4.32. The van der Waals surface area contributed by atoms with Crippen LogP contribution in [0.4, 0.5) is 0 Å². The Morgan fingerprint density at radius 3 is 2.57 bits per heavy atom. The van der Waals surface area contributed by atoms with Crippen molar-refractivity contribution in [3.05, 3.63) is 41.7 Å². The predicted molar refractivity (Wildman–Crippen MR) is 53.5 cm³/mol. The minimum atomic E-state index is 0.487. The van der Waals surface area contributed by atoms with E-state index in [1.807, 2.05) is 37.3 Å². The second-order valence-electron chi connectivity index (χ2n) is 3.12. The monoisotopic (exact) mass is 183 g/mol. The number of rotatable bonds is 1. The molecule has 1 heterocycles. The van der Waals surface area contributed by atoms with Gasteiger partial charge in [-0.25, -0.2) is 4.98 Å². The number of imidazole rings is 1. The molecule has 1 aromatic heterocycles. The number of aromatic nitrogens is 2. The van der Waals surface area contributed by atoms with E-state index in [1.165, 1.54) is 11.8 Å². The highest BCUT2D eigenvalue weighted by atomic mass is 14.9. The van der Waals surface area contributed by atoms with Gasteiger partial charge >= 0.3 is 0 Å².